The number of H-pyrrole nitrogens is 1. The van der Waals surface area contributed by atoms with E-state index in [0.717, 1.165) is 4.52 Å². The highest BCUT2D eigenvalue weighted by Gasteiger charge is 2.13. The molecule has 0 radical (unpaired) electrons. The van der Waals surface area contributed by atoms with E-state index in [1.807, 2.05) is 0 Å². The Balaban J connectivity index is 2.89. The summed E-state index contributed by atoms with van der Waals surface area (Å²) in [6, 6.07) is 1.51. The molecule has 0 amide bonds. The van der Waals surface area contributed by atoms with Crippen molar-refractivity contribution in [1.29, 1.82) is 0 Å². The first-order valence-electron chi connectivity index (χ1n) is 3.36. The number of carbonyl (C=O) groups is 1. The Morgan fingerprint density at radius 2 is 2.31 bits per heavy atom. The van der Waals surface area contributed by atoms with Crippen molar-refractivity contribution < 1.29 is 9.90 Å². The molecule has 0 saturated carbocycles. The number of hydrogen-bond acceptors (Lipinski definition) is 4. The summed E-state index contributed by atoms with van der Waals surface area (Å²) in [4.78, 5) is 21.7. The van der Waals surface area contributed by atoms with E-state index in [9.17, 15) is 9.59 Å². The first kappa shape index (κ1) is 7.47. The minimum atomic E-state index is -1.39. The Bertz CT molecular complexity index is 526. The van der Waals surface area contributed by atoms with Gasteiger partial charge in [0.2, 0.25) is 5.69 Å². The lowest BCUT2D eigenvalue weighted by Gasteiger charge is -1.92. The van der Waals surface area contributed by atoms with Crippen molar-refractivity contribution in [1.82, 2.24) is 19.8 Å². The second kappa shape index (κ2) is 2.41. The summed E-state index contributed by atoms with van der Waals surface area (Å²) < 4.78 is 1.01. The van der Waals surface area contributed by atoms with Crippen molar-refractivity contribution >= 4 is 11.6 Å². The number of aromatic amines is 1. The predicted molar refractivity (Wildman–Crippen MR) is 40.6 cm³/mol. The van der Waals surface area contributed by atoms with E-state index < -0.39 is 17.2 Å². The molecule has 7 heteroatoms. The van der Waals surface area contributed by atoms with Crippen molar-refractivity contribution in [3.05, 3.63) is 28.3 Å². The van der Waals surface area contributed by atoms with Crippen LogP contribution in [0, 0.1) is 0 Å². The largest absolute Gasteiger partial charge is 0.476 e. The molecule has 13 heavy (non-hydrogen) atoms. The van der Waals surface area contributed by atoms with Gasteiger partial charge >= 0.3 is 11.5 Å². The molecule has 2 aromatic rings. The molecule has 2 aromatic heterocycles. The average Bonchev–Trinajstić information content (AvgIpc) is 2.52. The Kier molecular flexibility index (Phi) is 1.38. The summed E-state index contributed by atoms with van der Waals surface area (Å²) in [5.74, 6) is -1.39. The monoisotopic (exact) mass is 180 g/mol. The lowest BCUT2D eigenvalue weighted by Crippen LogP contribution is -2.25. The number of nitrogens with zero attached hydrogens (tertiary/aromatic N) is 3. The quantitative estimate of drug-likeness (QED) is 0.593. The van der Waals surface area contributed by atoms with Crippen LogP contribution in [-0.2, 0) is 0 Å². The summed E-state index contributed by atoms with van der Waals surface area (Å²) >= 11 is 0. The second-order valence-electron chi connectivity index (χ2n) is 2.31. The molecular weight excluding hydrogens is 176 g/mol. The van der Waals surface area contributed by atoms with Gasteiger partial charge in [-0.3, -0.25) is 9.89 Å². The minimum absolute atomic E-state index is 0.287. The number of fused-ring (bicyclic) bond motifs is 1. The van der Waals surface area contributed by atoms with Gasteiger partial charge in [-0.2, -0.15) is 4.52 Å². The number of carboxylic acid groups (broad SMARTS) is 1. The third kappa shape index (κ3) is 0.975. The van der Waals surface area contributed by atoms with Gasteiger partial charge in [0, 0.05) is 12.3 Å². The number of aromatic nitrogens is 4. The molecule has 0 fully saturated rings. The van der Waals surface area contributed by atoms with Crippen LogP contribution in [0.1, 0.15) is 10.5 Å². The summed E-state index contributed by atoms with van der Waals surface area (Å²) in [6.07, 6.45) is 1.47. The van der Waals surface area contributed by atoms with Crippen LogP contribution in [0.5, 0.6) is 0 Å². The molecule has 2 N–H and O–H groups in total. The molecule has 0 saturated heterocycles. The van der Waals surface area contributed by atoms with E-state index in [0.29, 0.717) is 0 Å². The van der Waals surface area contributed by atoms with Crippen molar-refractivity contribution in [2.75, 3.05) is 0 Å². The predicted octanol–water partition coefficient (Wildman–Crippen LogP) is -0.884. The highest BCUT2D eigenvalue weighted by Crippen LogP contribution is 1.91. The van der Waals surface area contributed by atoms with Gasteiger partial charge in [0.05, 0.1) is 0 Å². The molecule has 66 valence electrons. The van der Waals surface area contributed by atoms with Crippen LogP contribution in [0.3, 0.4) is 0 Å². The van der Waals surface area contributed by atoms with Gasteiger partial charge in [-0.15, -0.1) is 10.2 Å². The maximum atomic E-state index is 11.3. The molecule has 0 aromatic carbocycles. The number of nitrogens with one attached hydrogen (secondary N) is 1. The Morgan fingerprint density at radius 3 is 3.00 bits per heavy atom. The van der Waals surface area contributed by atoms with Gasteiger partial charge in [-0.1, -0.05) is 0 Å². The van der Waals surface area contributed by atoms with Crippen molar-refractivity contribution in [2.45, 2.75) is 0 Å². The van der Waals surface area contributed by atoms with E-state index in [1.165, 1.54) is 12.3 Å². The van der Waals surface area contributed by atoms with Gasteiger partial charge in [-0.05, 0) is 0 Å². The zero-order valence-corrected chi connectivity index (χ0v) is 6.26. The van der Waals surface area contributed by atoms with E-state index in [-0.39, 0.29) is 5.65 Å². The molecule has 0 aliphatic carbocycles. The number of hydrogen-bond donors (Lipinski definition) is 2. The smallest absolute Gasteiger partial charge is 0.362 e. The molecule has 0 spiro atoms. The van der Waals surface area contributed by atoms with Crippen LogP contribution in [0.2, 0.25) is 0 Å². The lowest BCUT2D eigenvalue weighted by atomic mass is 10.5. The first-order chi connectivity index (χ1) is 6.20. The maximum Gasteiger partial charge on any atom is 0.362 e. The van der Waals surface area contributed by atoms with Crippen LogP contribution in [0.4, 0.5) is 0 Å². The SMILES string of the molecule is O=C(O)c1nnc2cc[nH]n2c1=O. The fourth-order valence-corrected chi connectivity index (χ4v) is 0.952. The van der Waals surface area contributed by atoms with Crippen LogP contribution in [0.25, 0.3) is 5.65 Å². The number of carboxylic acids is 1. The van der Waals surface area contributed by atoms with E-state index in [2.05, 4.69) is 15.3 Å². The molecule has 0 unspecified atom stereocenters. The van der Waals surface area contributed by atoms with Gasteiger partial charge in [-0.25, -0.2) is 4.79 Å². The zero-order valence-electron chi connectivity index (χ0n) is 6.26. The van der Waals surface area contributed by atoms with Gasteiger partial charge < -0.3 is 5.11 Å². The average molecular weight is 180 g/mol. The Morgan fingerprint density at radius 1 is 1.54 bits per heavy atom. The lowest BCUT2D eigenvalue weighted by molar-refractivity contribution is 0.0686. The molecular formula is C6H4N4O3. The zero-order chi connectivity index (χ0) is 9.42. The molecule has 0 atom stereocenters. The second-order valence-corrected chi connectivity index (χ2v) is 2.31. The number of rotatable bonds is 1. The van der Waals surface area contributed by atoms with Gasteiger partial charge in [0.1, 0.15) is 0 Å². The van der Waals surface area contributed by atoms with Crippen molar-refractivity contribution in [3.8, 4) is 0 Å². The molecule has 7 nitrogen and oxygen atoms in total. The van der Waals surface area contributed by atoms with Crippen molar-refractivity contribution in [2.24, 2.45) is 0 Å². The van der Waals surface area contributed by atoms with Gasteiger partial charge in [0.15, 0.2) is 5.65 Å². The van der Waals surface area contributed by atoms with E-state index in [1.54, 1.807) is 0 Å². The van der Waals surface area contributed by atoms with Crippen LogP contribution >= 0.6 is 0 Å². The highest BCUT2D eigenvalue weighted by atomic mass is 16.4. The van der Waals surface area contributed by atoms with E-state index in [4.69, 9.17) is 5.11 Å². The minimum Gasteiger partial charge on any atom is -0.476 e. The fourth-order valence-electron chi connectivity index (χ4n) is 0.952. The van der Waals surface area contributed by atoms with Gasteiger partial charge in [0.25, 0.3) is 0 Å². The maximum absolute atomic E-state index is 11.3. The van der Waals surface area contributed by atoms with Crippen LogP contribution < -0.4 is 5.56 Å². The number of aromatic carboxylic acids is 1. The topological polar surface area (TPSA) is 100 Å². The third-order valence-corrected chi connectivity index (χ3v) is 1.53. The first-order valence-corrected chi connectivity index (χ1v) is 3.36. The molecule has 0 aliphatic rings. The molecule has 2 heterocycles. The molecule has 2 rings (SSSR count). The van der Waals surface area contributed by atoms with Crippen LogP contribution in [-0.4, -0.2) is 30.9 Å². The van der Waals surface area contributed by atoms with E-state index >= 15 is 0 Å². The standard InChI is InChI=1S/C6H4N4O3/c11-5-4(6(12)13)9-8-3-1-2-7-10(3)5/h1-2,7H,(H,12,13). The Labute approximate surface area is 70.6 Å². The normalized spacial score (nSPS) is 10.5. The Hall–Kier alpha value is -2.18. The van der Waals surface area contributed by atoms with Crippen LogP contribution in [0.15, 0.2) is 17.1 Å². The summed E-state index contributed by atoms with van der Waals surface area (Å²) in [6.45, 7) is 0. The van der Waals surface area contributed by atoms with Crippen molar-refractivity contribution in [3.63, 3.8) is 0 Å². The molecule has 0 aliphatic heterocycles. The summed E-state index contributed by atoms with van der Waals surface area (Å²) in [5, 5.41) is 17.9. The summed E-state index contributed by atoms with van der Waals surface area (Å²) in [5.41, 5.74) is -1.03. The summed E-state index contributed by atoms with van der Waals surface area (Å²) in [7, 11) is 0. The fraction of sp³-hybridized carbons (Fsp3) is 0. The highest BCUT2D eigenvalue weighted by molar-refractivity contribution is 5.84. The third-order valence-electron chi connectivity index (χ3n) is 1.53. The molecule has 0 bridgehead atoms.